The van der Waals surface area contributed by atoms with Crippen LogP contribution in [-0.2, 0) is 0 Å². The van der Waals surface area contributed by atoms with Crippen molar-refractivity contribution in [1.82, 2.24) is 4.98 Å². The highest BCUT2D eigenvalue weighted by Gasteiger charge is 2.10. The molecule has 0 spiro atoms. The van der Waals surface area contributed by atoms with Crippen LogP contribution in [0.15, 0.2) is 60.8 Å². The Morgan fingerprint density at radius 3 is 2.58 bits per heavy atom. The molecule has 3 nitrogen and oxygen atoms in total. The Balaban J connectivity index is 1.71. The number of hydrogen-bond acceptors (Lipinski definition) is 3. The van der Waals surface area contributed by atoms with E-state index < -0.39 is 0 Å². The summed E-state index contributed by atoms with van der Waals surface area (Å²) in [5, 5.41) is 0.972. The van der Waals surface area contributed by atoms with Crippen molar-refractivity contribution in [3.05, 3.63) is 71.9 Å². The van der Waals surface area contributed by atoms with Gasteiger partial charge >= 0.3 is 0 Å². The minimum atomic E-state index is -0.0224. The lowest BCUT2D eigenvalue weighted by molar-refractivity contribution is 0.103. The summed E-state index contributed by atoms with van der Waals surface area (Å²) in [6.45, 7) is 2.89. The van der Waals surface area contributed by atoms with Crippen LogP contribution in [0.2, 0.25) is 0 Å². The highest BCUT2D eigenvalue weighted by Crippen LogP contribution is 2.18. The minimum Gasteiger partial charge on any atom is -0.494 e. The van der Waals surface area contributed by atoms with Gasteiger partial charge in [0.15, 0.2) is 5.78 Å². The van der Waals surface area contributed by atoms with Crippen LogP contribution in [0.25, 0.3) is 10.9 Å². The number of nitrogens with zero attached hydrogens (tertiary/aromatic N) is 1. The second-order valence-electron chi connectivity index (χ2n) is 5.83. The summed E-state index contributed by atoms with van der Waals surface area (Å²) < 4.78 is 5.68. The molecule has 0 saturated heterocycles. The first-order valence-corrected chi connectivity index (χ1v) is 8.40. The summed E-state index contributed by atoms with van der Waals surface area (Å²) in [5.74, 6) is 0.782. The first kappa shape index (κ1) is 16.2. The number of ketones is 1. The second kappa shape index (κ2) is 7.73. The summed E-state index contributed by atoms with van der Waals surface area (Å²) in [4.78, 5) is 17.0. The lowest BCUT2D eigenvalue weighted by Gasteiger charge is -2.07. The maximum Gasteiger partial charge on any atom is 0.194 e. The SMILES string of the molecule is CCCCCOc1ccc(C(=O)c2cnc3ccccc3c2)cc1. The van der Waals surface area contributed by atoms with E-state index in [9.17, 15) is 4.79 Å². The van der Waals surface area contributed by atoms with Gasteiger partial charge in [0, 0.05) is 22.7 Å². The Morgan fingerprint density at radius 2 is 1.79 bits per heavy atom. The Bertz CT molecular complexity index is 825. The summed E-state index contributed by atoms with van der Waals surface area (Å²) in [7, 11) is 0. The zero-order valence-electron chi connectivity index (χ0n) is 13.9. The summed E-state index contributed by atoms with van der Waals surface area (Å²) in [6, 6.07) is 17.0. The first-order valence-electron chi connectivity index (χ1n) is 8.40. The van der Waals surface area contributed by atoms with E-state index in [0.29, 0.717) is 11.1 Å². The molecule has 1 heterocycles. The molecule has 0 radical (unpaired) electrons. The highest BCUT2D eigenvalue weighted by atomic mass is 16.5. The van der Waals surface area contributed by atoms with Crippen LogP contribution in [0.5, 0.6) is 5.75 Å². The van der Waals surface area contributed by atoms with Crippen molar-refractivity contribution >= 4 is 16.7 Å². The average Bonchev–Trinajstić information content (AvgIpc) is 2.65. The number of unbranched alkanes of at least 4 members (excludes halogenated alkanes) is 2. The van der Waals surface area contributed by atoms with Gasteiger partial charge in [0.25, 0.3) is 0 Å². The Morgan fingerprint density at radius 1 is 1.00 bits per heavy atom. The predicted molar refractivity (Wildman–Crippen MR) is 96.6 cm³/mol. The van der Waals surface area contributed by atoms with Gasteiger partial charge in [-0.2, -0.15) is 0 Å². The fourth-order valence-corrected chi connectivity index (χ4v) is 2.61. The van der Waals surface area contributed by atoms with Gasteiger partial charge in [-0.05, 0) is 42.8 Å². The predicted octanol–water partition coefficient (Wildman–Crippen LogP) is 5.03. The van der Waals surface area contributed by atoms with Gasteiger partial charge in [-0.15, -0.1) is 0 Å². The van der Waals surface area contributed by atoms with Gasteiger partial charge in [0.2, 0.25) is 0 Å². The van der Waals surface area contributed by atoms with Crippen molar-refractivity contribution in [3.8, 4) is 5.75 Å². The quantitative estimate of drug-likeness (QED) is 0.452. The van der Waals surface area contributed by atoms with Crippen molar-refractivity contribution in [2.45, 2.75) is 26.2 Å². The molecule has 3 aromatic rings. The maximum absolute atomic E-state index is 12.6. The van der Waals surface area contributed by atoms with Crippen molar-refractivity contribution in [2.75, 3.05) is 6.61 Å². The van der Waals surface area contributed by atoms with Crippen LogP contribution in [0.4, 0.5) is 0 Å². The van der Waals surface area contributed by atoms with Gasteiger partial charge in [0.05, 0.1) is 12.1 Å². The average molecular weight is 319 g/mol. The van der Waals surface area contributed by atoms with Crippen molar-refractivity contribution in [2.24, 2.45) is 0 Å². The van der Waals surface area contributed by atoms with E-state index in [-0.39, 0.29) is 5.78 Å². The van der Waals surface area contributed by atoms with Crippen LogP contribution in [0.1, 0.15) is 42.1 Å². The molecule has 122 valence electrons. The van der Waals surface area contributed by atoms with E-state index >= 15 is 0 Å². The highest BCUT2D eigenvalue weighted by molar-refractivity contribution is 6.10. The van der Waals surface area contributed by atoms with Crippen LogP contribution in [0, 0.1) is 0 Å². The number of pyridine rings is 1. The first-order chi connectivity index (χ1) is 11.8. The number of rotatable bonds is 7. The van der Waals surface area contributed by atoms with E-state index in [0.717, 1.165) is 29.7 Å². The zero-order chi connectivity index (χ0) is 16.8. The van der Waals surface area contributed by atoms with E-state index in [2.05, 4.69) is 11.9 Å². The summed E-state index contributed by atoms with van der Waals surface area (Å²) in [5.41, 5.74) is 2.14. The Kier molecular flexibility index (Phi) is 5.22. The zero-order valence-corrected chi connectivity index (χ0v) is 13.9. The van der Waals surface area contributed by atoms with Crippen molar-refractivity contribution in [1.29, 1.82) is 0 Å². The number of aromatic nitrogens is 1. The molecule has 0 N–H and O–H groups in total. The lowest BCUT2D eigenvalue weighted by Crippen LogP contribution is -2.02. The largest absolute Gasteiger partial charge is 0.494 e. The lowest BCUT2D eigenvalue weighted by atomic mass is 10.0. The van der Waals surface area contributed by atoms with E-state index in [1.807, 2.05) is 54.6 Å². The molecule has 0 fully saturated rings. The van der Waals surface area contributed by atoms with Crippen LogP contribution < -0.4 is 4.74 Å². The minimum absolute atomic E-state index is 0.0224. The molecule has 1 aromatic heterocycles. The normalized spacial score (nSPS) is 10.7. The molecule has 0 aliphatic heterocycles. The number of fused-ring (bicyclic) bond motifs is 1. The number of hydrogen-bond donors (Lipinski definition) is 0. The number of carbonyl (C=O) groups is 1. The molecule has 0 bridgehead atoms. The number of para-hydroxylation sites is 1. The van der Waals surface area contributed by atoms with Gasteiger partial charge in [-0.3, -0.25) is 9.78 Å². The molecule has 0 aliphatic carbocycles. The van der Waals surface area contributed by atoms with Crippen molar-refractivity contribution in [3.63, 3.8) is 0 Å². The van der Waals surface area contributed by atoms with Crippen LogP contribution >= 0.6 is 0 Å². The number of ether oxygens (including phenoxy) is 1. The second-order valence-corrected chi connectivity index (χ2v) is 5.83. The molecule has 2 aromatic carbocycles. The van der Waals surface area contributed by atoms with Gasteiger partial charge in [-0.25, -0.2) is 0 Å². The molecule has 0 saturated carbocycles. The standard InChI is InChI=1S/C21H21NO2/c1-2-3-6-13-24-19-11-9-16(10-12-19)21(23)18-14-17-7-4-5-8-20(17)22-15-18/h4-5,7-12,14-15H,2-3,6,13H2,1H3. The molecule has 24 heavy (non-hydrogen) atoms. The summed E-state index contributed by atoms with van der Waals surface area (Å²) in [6.07, 6.45) is 5.04. The maximum atomic E-state index is 12.6. The van der Waals surface area contributed by atoms with Crippen molar-refractivity contribution < 1.29 is 9.53 Å². The molecule has 0 amide bonds. The van der Waals surface area contributed by atoms with E-state index in [1.54, 1.807) is 6.20 Å². The van der Waals surface area contributed by atoms with Gasteiger partial charge in [0.1, 0.15) is 5.75 Å². The Labute approximate surface area is 142 Å². The van der Waals surface area contributed by atoms with Gasteiger partial charge < -0.3 is 4.74 Å². The summed E-state index contributed by atoms with van der Waals surface area (Å²) >= 11 is 0. The smallest absolute Gasteiger partial charge is 0.194 e. The van der Waals surface area contributed by atoms with E-state index in [4.69, 9.17) is 4.74 Å². The Hall–Kier alpha value is -2.68. The van der Waals surface area contributed by atoms with Crippen LogP contribution in [-0.4, -0.2) is 17.4 Å². The molecule has 0 aliphatic rings. The molecular formula is C21H21NO2. The number of benzene rings is 2. The molecule has 3 rings (SSSR count). The third-order valence-electron chi connectivity index (χ3n) is 3.99. The monoisotopic (exact) mass is 319 g/mol. The fourth-order valence-electron chi connectivity index (χ4n) is 2.61. The molecule has 0 atom stereocenters. The molecule has 3 heteroatoms. The van der Waals surface area contributed by atoms with E-state index in [1.165, 1.54) is 12.8 Å². The molecule has 0 unspecified atom stereocenters. The van der Waals surface area contributed by atoms with Gasteiger partial charge in [-0.1, -0.05) is 38.0 Å². The third kappa shape index (κ3) is 3.80. The number of carbonyl (C=O) groups excluding carboxylic acids is 1. The third-order valence-corrected chi connectivity index (χ3v) is 3.99. The topological polar surface area (TPSA) is 39.2 Å². The van der Waals surface area contributed by atoms with Crippen LogP contribution in [0.3, 0.4) is 0 Å². The fraction of sp³-hybridized carbons (Fsp3) is 0.238. The molecular weight excluding hydrogens is 298 g/mol.